The number of methoxy groups -OCH3 is 1. The molecule has 1 saturated heterocycles. The van der Waals surface area contributed by atoms with Gasteiger partial charge in [-0.05, 0) is 37.5 Å². The largest absolute Gasteiger partial charge is 0.380 e. The Kier molecular flexibility index (Phi) is 4.49. The van der Waals surface area contributed by atoms with E-state index >= 15 is 0 Å². The minimum Gasteiger partial charge on any atom is -0.380 e. The van der Waals surface area contributed by atoms with Crippen LogP contribution in [0.3, 0.4) is 0 Å². The molecule has 0 amide bonds. The molecule has 1 aliphatic heterocycles. The Morgan fingerprint density at radius 3 is 2.89 bits per heavy atom. The van der Waals surface area contributed by atoms with Crippen molar-refractivity contribution in [3.05, 3.63) is 28.8 Å². The van der Waals surface area contributed by atoms with Gasteiger partial charge in [0.2, 0.25) is 0 Å². The SMILES string of the molecule is COC1CCCN(c2ccc([C@@H](C)N)cc2Cl)C1. The van der Waals surface area contributed by atoms with Gasteiger partial charge >= 0.3 is 0 Å². The Bertz CT molecular complexity index is 409. The molecular weight excluding hydrogens is 248 g/mol. The third kappa shape index (κ3) is 2.97. The predicted octanol–water partition coefficient (Wildman–Crippen LogP) is 2.97. The van der Waals surface area contributed by atoms with Crippen LogP contribution in [0, 0.1) is 0 Å². The summed E-state index contributed by atoms with van der Waals surface area (Å²) in [5.41, 5.74) is 8.02. The van der Waals surface area contributed by atoms with Crippen molar-refractivity contribution in [1.82, 2.24) is 0 Å². The van der Waals surface area contributed by atoms with Crippen LogP contribution in [0.2, 0.25) is 5.02 Å². The molecule has 0 bridgehead atoms. The van der Waals surface area contributed by atoms with E-state index in [1.807, 2.05) is 13.0 Å². The van der Waals surface area contributed by atoms with Crippen LogP contribution in [0.4, 0.5) is 5.69 Å². The molecule has 0 aromatic heterocycles. The first-order valence-corrected chi connectivity index (χ1v) is 6.82. The Hall–Kier alpha value is -0.770. The van der Waals surface area contributed by atoms with Gasteiger partial charge in [0, 0.05) is 26.2 Å². The third-order valence-electron chi connectivity index (χ3n) is 3.55. The smallest absolute Gasteiger partial charge is 0.0746 e. The molecule has 0 radical (unpaired) electrons. The van der Waals surface area contributed by atoms with E-state index in [4.69, 9.17) is 22.1 Å². The number of nitrogens with two attached hydrogens (primary N) is 1. The second-order valence-corrected chi connectivity index (χ2v) is 5.35. The van der Waals surface area contributed by atoms with Crippen molar-refractivity contribution in [3.8, 4) is 0 Å². The summed E-state index contributed by atoms with van der Waals surface area (Å²) >= 11 is 6.36. The van der Waals surface area contributed by atoms with Crippen molar-refractivity contribution in [3.63, 3.8) is 0 Å². The van der Waals surface area contributed by atoms with E-state index in [2.05, 4.69) is 17.0 Å². The minimum absolute atomic E-state index is 0.0182. The number of hydrogen-bond donors (Lipinski definition) is 1. The molecule has 1 aromatic rings. The summed E-state index contributed by atoms with van der Waals surface area (Å²) in [6, 6.07) is 6.11. The van der Waals surface area contributed by atoms with Gasteiger partial charge in [0.25, 0.3) is 0 Å². The van der Waals surface area contributed by atoms with Gasteiger partial charge in [0.1, 0.15) is 0 Å². The number of benzene rings is 1. The van der Waals surface area contributed by atoms with Gasteiger partial charge in [0.15, 0.2) is 0 Å². The summed E-state index contributed by atoms with van der Waals surface area (Å²) in [4.78, 5) is 2.30. The van der Waals surface area contributed by atoms with Gasteiger partial charge in [-0.2, -0.15) is 0 Å². The molecule has 1 fully saturated rings. The molecule has 18 heavy (non-hydrogen) atoms. The molecule has 1 aromatic carbocycles. The minimum atomic E-state index is 0.0182. The molecule has 0 spiro atoms. The number of halogens is 1. The Morgan fingerprint density at radius 2 is 2.28 bits per heavy atom. The third-order valence-corrected chi connectivity index (χ3v) is 3.85. The number of hydrogen-bond acceptors (Lipinski definition) is 3. The highest BCUT2D eigenvalue weighted by Crippen LogP contribution is 2.30. The second kappa shape index (κ2) is 5.91. The normalized spacial score (nSPS) is 22.0. The number of ether oxygens (including phenoxy) is 1. The van der Waals surface area contributed by atoms with Crippen molar-refractivity contribution in [2.45, 2.75) is 31.9 Å². The van der Waals surface area contributed by atoms with Crippen LogP contribution < -0.4 is 10.6 Å². The summed E-state index contributed by atoms with van der Waals surface area (Å²) in [5, 5.41) is 0.779. The molecular formula is C14H21ClN2O. The number of nitrogens with zero attached hydrogens (tertiary/aromatic N) is 1. The molecule has 100 valence electrons. The van der Waals surface area contributed by atoms with Crippen LogP contribution >= 0.6 is 11.6 Å². The fraction of sp³-hybridized carbons (Fsp3) is 0.571. The molecule has 1 heterocycles. The van der Waals surface area contributed by atoms with Crippen LogP contribution in [0.15, 0.2) is 18.2 Å². The lowest BCUT2D eigenvalue weighted by atomic mass is 10.1. The number of anilines is 1. The zero-order valence-electron chi connectivity index (χ0n) is 11.0. The lowest BCUT2D eigenvalue weighted by Gasteiger charge is -2.34. The summed E-state index contributed by atoms with van der Waals surface area (Å²) < 4.78 is 5.44. The maximum atomic E-state index is 6.36. The van der Waals surface area contributed by atoms with Gasteiger partial charge in [-0.1, -0.05) is 17.7 Å². The van der Waals surface area contributed by atoms with E-state index in [1.165, 1.54) is 0 Å². The van der Waals surface area contributed by atoms with Gasteiger partial charge in [-0.15, -0.1) is 0 Å². The first-order chi connectivity index (χ1) is 8.61. The highest BCUT2D eigenvalue weighted by atomic mass is 35.5. The van der Waals surface area contributed by atoms with Crippen molar-refractivity contribution >= 4 is 17.3 Å². The molecule has 2 rings (SSSR count). The highest BCUT2D eigenvalue weighted by Gasteiger charge is 2.21. The second-order valence-electron chi connectivity index (χ2n) is 4.95. The first kappa shape index (κ1) is 13.7. The molecule has 1 aliphatic rings. The zero-order valence-corrected chi connectivity index (χ0v) is 11.8. The number of rotatable bonds is 3. The summed E-state index contributed by atoms with van der Waals surface area (Å²) in [6.45, 7) is 3.91. The van der Waals surface area contributed by atoms with E-state index in [0.717, 1.165) is 42.2 Å². The van der Waals surface area contributed by atoms with E-state index in [1.54, 1.807) is 7.11 Å². The number of piperidine rings is 1. The van der Waals surface area contributed by atoms with Crippen molar-refractivity contribution < 1.29 is 4.74 Å². The monoisotopic (exact) mass is 268 g/mol. The molecule has 0 aliphatic carbocycles. The highest BCUT2D eigenvalue weighted by molar-refractivity contribution is 6.33. The predicted molar refractivity (Wildman–Crippen MR) is 76.3 cm³/mol. The molecule has 2 atom stereocenters. The van der Waals surface area contributed by atoms with Crippen molar-refractivity contribution in [1.29, 1.82) is 0 Å². The van der Waals surface area contributed by atoms with E-state index in [0.29, 0.717) is 6.10 Å². The van der Waals surface area contributed by atoms with Gasteiger partial charge in [0.05, 0.1) is 16.8 Å². The Morgan fingerprint density at radius 1 is 1.50 bits per heavy atom. The van der Waals surface area contributed by atoms with Crippen LogP contribution in [0.1, 0.15) is 31.4 Å². The topological polar surface area (TPSA) is 38.5 Å². The van der Waals surface area contributed by atoms with E-state index in [-0.39, 0.29) is 6.04 Å². The zero-order chi connectivity index (χ0) is 13.1. The summed E-state index contributed by atoms with van der Waals surface area (Å²) in [7, 11) is 1.77. The average molecular weight is 269 g/mol. The fourth-order valence-electron chi connectivity index (χ4n) is 2.41. The Balaban J connectivity index is 2.17. The summed E-state index contributed by atoms with van der Waals surface area (Å²) in [5.74, 6) is 0. The maximum Gasteiger partial charge on any atom is 0.0746 e. The van der Waals surface area contributed by atoms with Crippen LogP contribution in [-0.2, 0) is 4.74 Å². The van der Waals surface area contributed by atoms with Gasteiger partial charge in [-0.3, -0.25) is 0 Å². The van der Waals surface area contributed by atoms with Gasteiger partial charge in [-0.25, -0.2) is 0 Å². The molecule has 3 nitrogen and oxygen atoms in total. The molecule has 4 heteroatoms. The first-order valence-electron chi connectivity index (χ1n) is 6.44. The maximum absolute atomic E-state index is 6.36. The summed E-state index contributed by atoms with van der Waals surface area (Å²) in [6.07, 6.45) is 2.58. The molecule has 0 saturated carbocycles. The fourth-order valence-corrected chi connectivity index (χ4v) is 2.72. The average Bonchev–Trinajstić information content (AvgIpc) is 2.38. The van der Waals surface area contributed by atoms with Crippen LogP contribution in [-0.4, -0.2) is 26.3 Å². The standard InChI is InChI=1S/C14H21ClN2O/c1-10(16)11-5-6-14(13(15)8-11)17-7-3-4-12(9-17)18-2/h5-6,8,10,12H,3-4,7,9,16H2,1-2H3/t10-,12?/m1/s1. The quantitative estimate of drug-likeness (QED) is 0.916. The van der Waals surface area contributed by atoms with Crippen LogP contribution in [0.5, 0.6) is 0 Å². The van der Waals surface area contributed by atoms with E-state index in [9.17, 15) is 0 Å². The van der Waals surface area contributed by atoms with Crippen LogP contribution in [0.25, 0.3) is 0 Å². The van der Waals surface area contributed by atoms with Crippen molar-refractivity contribution in [2.75, 3.05) is 25.1 Å². The molecule has 1 unspecified atom stereocenters. The van der Waals surface area contributed by atoms with Gasteiger partial charge < -0.3 is 15.4 Å². The lowest BCUT2D eigenvalue weighted by molar-refractivity contribution is 0.0893. The lowest BCUT2D eigenvalue weighted by Crippen LogP contribution is -2.39. The Labute approximate surface area is 114 Å². The van der Waals surface area contributed by atoms with Crippen molar-refractivity contribution in [2.24, 2.45) is 5.73 Å². The van der Waals surface area contributed by atoms with E-state index < -0.39 is 0 Å². The molecule has 2 N–H and O–H groups in total.